The van der Waals surface area contributed by atoms with E-state index in [9.17, 15) is 29.7 Å². The standard InChI is InChI=1S/C41H75N5O9S/c1-3-5-7-9-11-13-15-17-19-21-23-25-36(48)53-29-32(54-37(49)26-24-22-20-18-16-14-12-10-8-6-4-2)30-56-31-33(42)40(52)43-35-27-46(45-44-35)41-39(51)38(50)34(28-47)55-41/h27,32-34,38-39,41,47,50-51H,3-26,28-31,42H2,1-2H3,(H,43,52)/t32-,33-,34?,38-,39-,41+/m1/s1. The summed E-state index contributed by atoms with van der Waals surface area (Å²) >= 11 is 1.31. The molecule has 6 N–H and O–H groups in total. The van der Waals surface area contributed by atoms with Crippen LogP contribution in [0, 0.1) is 0 Å². The molecule has 14 nitrogen and oxygen atoms in total. The fourth-order valence-electron chi connectivity index (χ4n) is 6.66. The van der Waals surface area contributed by atoms with Crippen molar-refractivity contribution in [1.29, 1.82) is 0 Å². The van der Waals surface area contributed by atoms with Crippen LogP contribution in [-0.4, -0.2) is 103 Å². The van der Waals surface area contributed by atoms with Crippen LogP contribution in [0.25, 0.3) is 0 Å². The summed E-state index contributed by atoms with van der Waals surface area (Å²) in [7, 11) is 0. The number of anilines is 1. The Morgan fingerprint density at radius 3 is 1.79 bits per heavy atom. The predicted octanol–water partition coefficient (Wildman–Crippen LogP) is 6.75. The molecule has 1 amide bonds. The van der Waals surface area contributed by atoms with Crippen molar-refractivity contribution in [3.8, 4) is 0 Å². The number of carbonyl (C=O) groups is 3. The van der Waals surface area contributed by atoms with Crippen LogP contribution >= 0.6 is 11.8 Å². The number of carbonyl (C=O) groups excluding carboxylic acids is 3. The highest BCUT2D eigenvalue weighted by Gasteiger charge is 2.44. The molecule has 0 aromatic carbocycles. The molecule has 1 unspecified atom stereocenters. The van der Waals surface area contributed by atoms with E-state index < -0.39 is 49.2 Å². The maximum absolute atomic E-state index is 12.8. The van der Waals surface area contributed by atoms with E-state index in [0.717, 1.165) is 43.2 Å². The third-order valence-corrected chi connectivity index (χ3v) is 11.4. The Balaban J connectivity index is 1.75. The van der Waals surface area contributed by atoms with Gasteiger partial charge >= 0.3 is 11.9 Å². The van der Waals surface area contributed by atoms with E-state index in [1.807, 2.05) is 0 Å². The van der Waals surface area contributed by atoms with Gasteiger partial charge in [-0.05, 0) is 12.8 Å². The number of hydrogen-bond donors (Lipinski definition) is 5. The molecule has 0 bridgehead atoms. The molecule has 0 radical (unpaired) electrons. The van der Waals surface area contributed by atoms with Gasteiger partial charge in [0.15, 0.2) is 12.0 Å². The smallest absolute Gasteiger partial charge is 0.306 e. The SMILES string of the molecule is CCCCCCCCCCCCCC(=O)OC[C@H](CSC[C@@H](N)C(=O)Nc1cn([C@H]2OC(CO)[C@@H](O)[C@H]2O)nn1)OC(=O)CCCCCCCCCCCCC. The number of nitrogens with zero attached hydrogens (tertiary/aromatic N) is 3. The number of rotatable bonds is 35. The van der Waals surface area contributed by atoms with E-state index >= 15 is 0 Å². The van der Waals surface area contributed by atoms with Crippen LogP contribution in [0.2, 0.25) is 0 Å². The van der Waals surface area contributed by atoms with Gasteiger partial charge in [-0.15, -0.1) is 5.10 Å². The molecule has 1 aromatic rings. The lowest BCUT2D eigenvalue weighted by atomic mass is 10.1. The van der Waals surface area contributed by atoms with Gasteiger partial charge in [-0.25, -0.2) is 4.68 Å². The van der Waals surface area contributed by atoms with E-state index in [0.29, 0.717) is 12.8 Å². The fourth-order valence-corrected chi connectivity index (χ4v) is 7.63. The van der Waals surface area contributed by atoms with E-state index in [1.165, 1.54) is 121 Å². The summed E-state index contributed by atoms with van der Waals surface area (Å²) in [6, 6.07) is -0.949. The maximum atomic E-state index is 12.8. The Hall–Kier alpha value is -2.30. The highest BCUT2D eigenvalue weighted by atomic mass is 32.2. The monoisotopic (exact) mass is 814 g/mol. The second-order valence-electron chi connectivity index (χ2n) is 15.3. The Kier molecular flexibility index (Phi) is 28.2. The van der Waals surface area contributed by atoms with Crippen LogP contribution in [-0.2, 0) is 28.6 Å². The lowest BCUT2D eigenvalue weighted by molar-refractivity contribution is -0.157. The quantitative estimate of drug-likeness (QED) is 0.0356. The maximum Gasteiger partial charge on any atom is 0.306 e. The second kappa shape index (κ2) is 31.7. The van der Waals surface area contributed by atoms with Crippen molar-refractivity contribution >= 4 is 35.4 Å². The van der Waals surface area contributed by atoms with Gasteiger partial charge in [0.05, 0.1) is 18.8 Å². The molecule has 1 aliphatic rings. The first-order valence-corrected chi connectivity index (χ1v) is 22.9. The average molecular weight is 814 g/mol. The molecule has 2 heterocycles. The summed E-state index contributed by atoms with van der Waals surface area (Å²) in [5.74, 6) is -0.626. The van der Waals surface area contributed by atoms with E-state index in [1.54, 1.807) is 0 Å². The van der Waals surface area contributed by atoms with Crippen LogP contribution in [0.3, 0.4) is 0 Å². The Morgan fingerprint density at radius 2 is 1.29 bits per heavy atom. The lowest BCUT2D eigenvalue weighted by Gasteiger charge is -2.19. The Bertz CT molecular complexity index is 1180. The largest absolute Gasteiger partial charge is 0.462 e. The van der Waals surface area contributed by atoms with Gasteiger partial charge in [0.25, 0.3) is 0 Å². The Morgan fingerprint density at radius 1 is 0.786 bits per heavy atom. The molecule has 0 saturated carbocycles. The number of unbranched alkanes of at least 4 members (excludes halogenated alkanes) is 20. The van der Waals surface area contributed by atoms with Crippen LogP contribution < -0.4 is 11.1 Å². The highest BCUT2D eigenvalue weighted by molar-refractivity contribution is 7.99. The highest BCUT2D eigenvalue weighted by Crippen LogP contribution is 2.29. The predicted molar refractivity (Wildman–Crippen MR) is 220 cm³/mol. The minimum atomic E-state index is -1.35. The number of hydrogen-bond acceptors (Lipinski definition) is 13. The van der Waals surface area contributed by atoms with Crippen molar-refractivity contribution in [2.75, 3.05) is 30.0 Å². The number of esters is 2. The number of nitrogens with one attached hydrogen (secondary N) is 1. The molecule has 56 heavy (non-hydrogen) atoms. The number of aromatic nitrogens is 3. The third kappa shape index (κ3) is 22.0. The van der Waals surface area contributed by atoms with Crippen molar-refractivity contribution in [3.63, 3.8) is 0 Å². The molecule has 1 fully saturated rings. The van der Waals surface area contributed by atoms with E-state index in [2.05, 4.69) is 29.5 Å². The molecule has 1 saturated heterocycles. The third-order valence-electron chi connectivity index (χ3n) is 10.2. The first kappa shape index (κ1) is 49.8. The normalized spacial score (nSPS) is 19.2. The number of aliphatic hydroxyl groups is 3. The van der Waals surface area contributed by atoms with Gasteiger partial charge < -0.3 is 40.6 Å². The van der Waals surface area contributed by atoms with Gasteiger partial charge in [-0.3, -0.25) is 14.4 Å². The summed E-state index contributed by atoms with van der Waals surface area (Å²) in [5, 5.41) is 39.9. The van der Waals surface area contributed by atoms with Crippen LogP contribution in [0.1, 0.15) is 174 Å². The van der Waals surface area contributed by atoms with Crippen molar-refractivity contribution in [2.45, 2.75) is 205 Å². The molecular formula is C41H75N5O9S. The van der Waals surface area contributed by atoms with Gasteiger partial charge in [0.1, 0.15) is 31.0 Å². The first-order valence-electron chi connectivity index (χ1n) is 21.7. The van der Waals surface area contributed by atoms with Crippen LogP contribution in [0.15, 0.2) is 6.20 Å². The number of nitrogens with two attached hydrogens (primary N) is 1. The molecule has 1 aliphatic heterocycles. The number of thioether (sulfide) groups is 1. The van der Waals surface area contributed by atoms with Crippen molar-refractivity contribution in [1.82, 2.24) is 15.0 Å². The zero-order valence-corrected chi connectivity index (χ0v) is 35.3. The second-order valence-corrected chi connectivity index (χ2v) is 16.4. The number of amides is 1. The minimum absolute atomic E-state index is 0.0562. The van der Waals surface area contributed by atoms with Gasteiger partial charge in [-0.2, -0.15) is 11.8 Å². The topological polar surface area (TPSA) is 208 Å². The van der Waals surface area contributed by atoms with Gasteiger partial charge in [0, 0.05) is 24.3 Å². The zero-order valence-electron chi connectivity index (χ0n) is 34.5. The zero-order chi connectivity index (χ0) is 40.8. The molecule has 0 aliphatic carbocycles. The number of ether oxygens (including phenoxy) is 3. The molecule has 324 valence electrons. The molecular weight excluding hydrogens is 739 g/mol. The minimum Gasteiger partial charge on any atom is -0.462 e. The molecule has 15 heteroatoms. The molecule has 0 spiro atoms. The molecule has 1 aromatic heterocycles. The van der Waals surface area contributed by atoms with Crippen molar-refractivity contribution < 1.29 is 43.9 Å². The van der Waals surface area contributed by atoms with Gasteiger partial charge in [0.2, 0.25) is 5.91 Å². The van der Waals surface area contributed by atoms with E-state index in [-0.39, 0.29) is 35.9 Å². The van der Waals surface area contributed by atoms with Crippen LogP contribution in [0.4, 0.5) is 5.82 Å². The van der Waals surface area contributed by atoms with Crippen molar-refractivity contribution in [2.24, 2.45) is 5.73 Å². The number of aliphatic hydroxyl groups excluding tert-OH is 3. The summed E-state index contributed by atoms with van der Waals surface area (Å²) < 4.78 is 17.9. The lowest BCUT2D eigenvalue weighted by Crippen LogP contribution is -2.38. The first-order chi connectivity index (χ1) is 27.2. The summed E-state index contributed by atoms with van der Waals surface area (Å²) in [4.78, 5) is 38.2. The average Bonchev–Trinajstić information content (AvgIpc) is 3.77. The molecule has 2 rings (SSSR count). The van der Waals surface area contributed by atoms with Gasteiger partial charge in [-0.1, -0.05) is 147 Å². The Labute approximate surface area is 340 Å². The summed E-state index contributed by atoms with van der Waals surface area (Å²) in [5.41, 5.74) is 6.16. The molecule has 6 atom stereocenters. The van der Waals surface area contributed by atoms with Crippen molar-refractivity contribution in [3.05, 3.63) is 6.20 Å². The summed E-state index contributed by atoms with van der Waals surface area (Å²) in [6.45, 7) is 3.92. The summed E-state index contributed by atoms with van der Waals surface area (Å²) in [6.07, 6.45) is 22.7. The van der Waals surface area contributed by atoms with Crippen LogP contribution in [0.5, 0.6) is 0 Å². The van der Waals surface area contributed by atoms with E-state index in [4.69, 9.17) is 19.9 Å². The fraction of sp³-hybridized carbons (Fsp3) is 0.878.